The molecule has 4 aromatic rings. The fourth-order valence-corrected chi connectivity index (χ4v) is 2.76. The van der Waals surface area contributed by atoms with E-state index < -0.39 is 0 Å². The summed E-state index contributed by atoms with van der Waals surface area (Å²) in [5.74, 6) is 0. The van der Waals surface area contributed by atoms with Gasteiger partial charge in [-0.2, -0.15) is 0 Å². The van der Waals surface area contributed by atoms with Gasteiger partial charge in [-0.3, -0.25) is 0 Å². The Kier molecular flexibility index (Phi) is 2.17. The van der Waals surface area contributed by atoms with Gasteiger partial charge < -0.3 is 5.73 Å². The number of anilines is 1. The Bertz CT molecular complexity index is 830. The van der Waals surface area contributed by atoms with Crippen molar-refractivity contribution in [2.75, 3.05) is 5.73 Å². The standard InChI is InChI=1S/C16H11N.C/c17-14-9-7-12-5-4-10-2-1-3-11-6-8-13(14)16(12)15(10)11;/h1-9H,17H2;. The van der Waals surface area contributed by atoms with Gasteiger partial charge in [0.15, 0.2) is 0 Å². The molecule has 0 saturated heterocycles. The lowest BCUT2D eigenvalue weighted by atomic mass is 9.94. The lowest BCUT2D eigenvalue weighted by Gasteiger charge is -2.11. The van der Waals surface area contributed by atoms with Gasteiger partial charge in [0, 0.05) is 18.5 Å². The molecule has 0 heterocycles. The Morgan fingerprint density at radius 1 is 0.611 bits per heavy atom. The molecule has 2 N–H and O–H groups in total. The maximum Gasteiger partial charge on any atom is 0.0394 e. The van der Waals surface area contributed by atoms with E-state index in [2.05, 4.69) is 48.5 Å². The molecule has 0 aliphatic heterocycles. The van der Waals surface area contributed by atoms with Crippen molar-refractivity contribution in [3.63, 3.8) is 0 Å². The van der Waals surface area contributed by atoms with Gasteiger partial charge in [0.25, 0.3) is 0 Å². The molecule has 18 heavy (non-hydrogen) atoms. The number of hydrogen-bond donors (Lipinski definition) is 1. The van der Waals surface area contributed by atoms with E-state index in [1.54, 1.807) is 0 Å². The molecule has 1 heteroatoms. The summed E-state index contributed by atoms with van der Waals surface area (Å²) in [5.41, 5.74) is 6.92. The van der Waals surface area contributed by atoms with E-state index in [-0.39, 0.29) is 7.43 Å². The SMILES string of the molecule is Nc1ccc2ccc3cccc4ccc1c2c34.[C]. The lowest BCUT2D eigenvalue weighted by molar-refractivity contribution is 1.76. The smallest absolute Gasteiger partial charge is 0.0394 e. The van der Waals surface area contributed by atoms with Crippen molar-refractivity contribution in [1.82, 2.24) is 0 Å². The van der Waals surface area contributed by atoms with Gasteiger partial charge in [0.1, 0.15) is 0 Å². The Morgan fingerprint density at radius 2 is 1.17 bits per heavy atom. The highest BCUT2D eigenvalue weighted by Crippen LogP contribution is 2.36. The van der Waals surface area contributed by atoms with Crippen LogP contribution in [0.15, 0.2) is 54.6 Å². The van der Waals surface area contributed by atoms with Crippen LogP contribution in [0, 0.1) is 7.43 Å². The third-order valence-corrected chi connectivity index (χ3v) is 3.56. The van der Waals surface area contributed by atoms with Crippen LogP contribution < -0.4 is 5.73 Å². The number of nitrogen functional groups attached to an aromatic ring is 1. The zero-order chi connectivity index (χ0) is 11.4. The highest BCUT2D eigenvalue weighted by molar-refractivity contribution is 6.24. The molecule has 4 aromatic carbocycles. The summed E-state index contributed by atoms with van der Waals surface area (Å²) < 4.78 is 0. The molecule has 84 valence electrons. The van der Waals surface area contributed by atoms with Crippen LogP contribution in [0.2, 0.25) is 0 Å². The number of hydrogen-bond acceptors (Lipinski definition) is 1. The number of benzene rings is 4. The van der Waals surface area contributed by atoms with E-state index in [0.717, 1.165) is 11.1 Å². The second kappa shape index (κ2) is 3.61. The molecule has 4 radical (unpaired) electrons. The minimum absolute atomic E-state index is 0. The Hall–Kier alpha value is -2.28. The zero-order valence-electron chi connectivity index (χ0n) is 9.77. The zero-order valence-corrected chi connectivity index (χ0v) is 9.77. The topological polar surface area (TPSA) is 26.0 Å². The monoisotopic (exact) mass is 229 g/mol. The van der Waals surface area contributed by atoms with E-state index in [4.69, 9.17) is 5.73 Å². The van der Waals surface area contributed by atoms with Gasteiger partial charge in [-0.1, -0.05) is 48.5 Å². The van der Waals surface area contributed by atoms with Crippen molar-refractivity contribution in [3.05, 3.63) is 62.0 Å². The van der Waals surface area contributed by atoms with Gasteiger partial charge in [-0.15, -0.1) is 0 Å². The van der Waals surface area contributed by atoms with Crippen LogP contribution in [-0.4, -0.2) is 0 Å². The summed E-state index contributed by atoms with van der Waals surface area (Å²) in [6, 6.07) is 19.1. The van der Waals surface area contributed by atoms with Crippen molar-refractivity contribution >= 4 is 38.0 Å². The molecular formula is C17H11N. The summed E-state index contributed by atoms with van der Waals surface area (Å²) in [4.78, 5) is 0. The van der Waals surface area contributed by atoms with Gasteiger partial charge >= 0.3 is 0 Å². The Balaban J connectivity index is 0.000001000. The van der Waals surface area contributed by atoms with E-state index in [1.165, 1.54) is 26.9 Å². The van der Waals surface area contributed by atoms with Gasteiger partial charge in [0.2, 0.25) is 0 Å². The molecule has 0 amide bonds. The van der Waals surface area contributed by atoms with Crippen LogP contribution in [0.1, 0.15) is 0 Å². The predicted molar refractivity (Wildman–Crippen MR) is 77.8 cm³/mol. The molecule has 0 aromatic heterocycles. The van der Waals surface area contributed by atoms with Crippen molar-refractivity contribution in [3.8, 4) is 0 Å². The van der Waals surface area contributed by atoms with Crippen molar-refractivity contribution in [2.45, 2.75) is 0 Å². The maximum atomic E-state index is 6.07. The van der Waals surface area contributed by atoms with Crippen LogP contribution in [-0.2, 0) is 0 Å². The highest BCUT2D eigenvalue weighted by atomic mass is 14.5. The summed E-state index contributed by atoms with van der Waals surface area (Å²) in [5, 5.41) is 7.61. The van der Waals surface area contributed by atoms with Crippen molar-refractivity contribution in [2.24, 2.45) is 0 Å². The quantitative estimate of drug-likeness (QED) is 0.354. The Labute approximate surface area is 106 Å². The molecule has 0 saturated carbocycles. The number of rotatable bonds is 0. The molecule has 0 unspecified atom stereocenters. The van der Waals surface area contributed by atoms with Crippen LogP contribution >= 0.6 is 0 Å². The average molecular weight is 229 g/mol. The van der Waals surface area contributed by atoms with Crippen LogP contribution in [0.3, 0.4) is 0 Å². The summed E-state index contributed by atoms with van der Waals surface area (Å²) in [6.07, 6.45) is 0. The molecule has 0 spiro atoms. The van der Waals surface area contributed by atoms with Gasteiger partial charge in [-0.05, 0) is 33.0 Å². The van der Waals surface area contributed by atoms with Crippen LogP contribution in [0.4, 0.5) is 5.69 Å². The second-order valence-corrected chi connectivity index (χ2v) is 4.51. The fourth-order valence-electron chi connectivity index (χ4n) is 2.76. The van der Waals surface area contributed by atoms with E-state index in [0.29, 0.717) is 0 Å². The van der Waals surface area contributed by atoms with Gasteiger partial charge in [-0.25, -0.2) is 0 Å². The Morgan fingerprint density at radius 3 is 1.89 bits per heavy atom. The van der Waals surface area contributed by atoms with Crippen LogP contribution in [0.25, 0.3) is 32.3 Å². The lowest BCUT2D eigenvalue weighted by Crippen LogP contribution is -1.89. The summed E-state index contributed by atoms with van der Waals surface area (Å²) in [7, 11) is 0. The largest absolute Gasteiger partial charge is 0.398 e. The molecule has 1 nitrogen and oxygen atoms in total. The minimum Gasteiger partial charge on any atom is -0.398 e. The van der Waals surface area contributed by atoms with E-state index in [9.17, 15) is 0 Å². The highest BCUT2D eigenvalue weighted by Gasteiger charge is 2.08. The summed E-state index contributed by atoms with van der Waals surface area (Å²) >= 11 is 0. The molecule has 0 fully saturated rings. The summed E-state index contributed by atoms with van der Waals surface area (Å²) in [6.45, 7) is 0. The van der Waals surface area contributed by atoms with Crippen molar-refractivity contribution in [1.29, 1.82) is 0 Å². The maximum absolute atomic E-state index is 6.07. The molecule has 0 aliphatic carbocycles. The van der Waals surface area contributed by atoms with Crippen molar-refractivity contribution < 1.29 is 0 Å². The third kappa shape index (κ3) is 1.22. The first-order chi connectivity index (χ1) is 8.34. The second-order valence-electron chi connectivity index (χ2n) is 4.51. The average Bonchev–Trinajstić information content (AvgIpc) is 2.38. The van der Waals surface area contributed by atoms with E-state index in [1.807, 2.05) is 6.07 Å². The minimum atomic E-state index is 0. The van der Waals surface area contributed by atoms with Crippen LogP contribution in [0.5, 0.6) is 0 Å². The molecule has 0 aliphatic rings. The third-order valence-electron chi connectivity index (χ3n) is 3.56. The number of nitrogens with two attached hydrogens (primary N) is 1. The van der Waals surface area contributed by atoms with Gasteiger partial charge in [0.05, 0.1) is 0 Å². The molecular weight excluding hydrogens is 218 g/mol. The fraction of sp³-hybridized carbons (Fsp3) is 0. The first-order valence-electron chi connectivity index (χ1n) is 5.76. The first kappa shape index (κ1) is 10.8. The molecule has 0 atom stereocenters. The first-order valence-corrected chi connectivity index (χ1v) is 5.76. The van der Waals surface area contributed by atoms with E-state index >= 15 is 0 Å². The molecule has 4 rings (SSSR count). The normalized spacial score (nSPS) is 11.1. The predicted octanol–water partition coefficient (Wildman–Crippen LogP) is 4.25. The molecule has 0 bridgehead atoms.